The van der Waals surface area contributed by atoms with Crippen molar-refractivity contribution in [2.45, 2.75) is 79.2 Å². The van der Waals surface area contributed by atoms with E-state index in [2.05, 4.69) is 16.0 Å². The zero-order valence-corrected chi connectivity index (χ0v) is 17.8. The first kappa shape index (κ1) is 20.3. The Morgan fingerprint density at radius 3 is 2.57 bits per heavy atom. The second-order valence-electron chi connectivity index (χ2n) is 8.05. The van der Waals surface area contributed by atoms with Crippen LogP contribution < -0.4 is 16.0 Å². The molecule has 0 aromatic heterocycles. The van der Waals surface area contributed by atoms with E-state index in [1.54, 1.807) is 30.4 Å². The summed E-state index contributed by atoms with van der Waals surface area (Å²) in [5, 5.41) is 9.31. The summed E-state index contributed by atoms with van der Waals surface area (Å²) in [5.74, 6) is -0.548. The summed E-state index contributed by atoms with van der Waals surface area (Å²) in [5.41, 5.74) is 0. The molecule has 156 valence electrons. The van der Waals surface area contributed by atoms with Gasteiger partial charge in [0.05, 0.1) is 17.9 Å². The number of hydrogen-bond acceptors (Lipinski definition) is 7. The maximum atomic E-state index is 12.9. The predicted molar refractivity (Wildman–Crippen MR) is 110 cm³/mol. The largest absolute Gasteiger partial charge is 0.450 e. The first-order valence-corrected chi connectivity index (χ1v) is 12.3. The summed E-state index contributed by atoms with van der Waals surface area (Å²) in [6.07, 6.45) is 7.17. The van der Waals surface area contributed by atoms with Crippen molar-refractivity contribution in [3.63, 3.8) is 0 Å². The highest BCUT2D eigenvalue weighted by atomic mass is 32.2. The number of nitrogens with one attached hydrogen (secondary N) is 3. The van der Waals surface area contributed by atoms with E-state index in [0.29, 0.717) is 16.5 Å². The van der Waals surface area contributed by atoms with Crippen LogP contribution in [0.15, 0.2) is 0 Å². The molecule has 0 aromatic rings. The zero-order chi connectivity index (χ0) is 19.7. The maximum absolute atomic E-state index is 12.9. The van der Waals surface area contributed by atoms with Crippen LogP contribution in [0.1, 0.15) is 51.9 Å². The molecule has 3 amide bonds. The Bertz CT molecular complexity index is 620. The summed E-state index contributed by atoms with van der Waals surface area (Å²) < 4.78 is 4.86. The molecule has 9 heteroatoms. The van der Waals surface area contributed by atoms with Crippen molar-refractivity contribution in [3.05, 3.63) is 0 Å². The smallest absolute Gasteiger partial charge is 0.413 e. The van der Waals surface area contributed by atoms with Gasteiger partial charge < -0.3 is 10.1 Å². The number of imide groups is 1. The summed E-state index contributed by atoms with van der Waals surface area (Å²) in [6.45, 7) is 1.92. The lowest BCUT2D eigenvalue weighted by Gasteiger charge is -2.24. The molecule has 7 unspecified atom stereocenters. The van der Waals surface area contributed by atoms with Crippen LogP contribution in [0.2, 0.25) is 0 Å². The van der Waals surface area contributed by atoms with E-state index < -0.39 is 6.09 Å². The topological polar surface area (TPSA) is 96.5 Å². The molecule has 4 rings (SSSR count). The number of fused-ring (bicyclic) bond motifs is 2. The third-order valence-electron chi connectivity index (χ3n) is 6.32. The van der Waals surface area contributed by atoms with Gasteiger partial charge in [-0.3, -0.25) is 20.2 Å². The van der Waals surface area contributed by atoms with E-state index in [0.717, 1.165) is 25.7 Å². The molecule has 4 fully saturated rings. The number of ether oxygens (including phenoxy) is 1. The monoisotopic (exact) mass is 427 g/mol. The van der Waals surface area contributed by atoms with Crippen molar-refractivity contribution in [2.75, 3.05) is 6.61 Å². The molecule has 2 aliphatic carbocycles. The number of alkyl carbamates (subject to hydrolysis) is 1. The molecule has 3 N–H and O–H groups in total. The molecule has 2 saturated carbocycles. The number of hydrogen-bond donors (Lipinski definition) is 3. The van der Waals surface area contributed by atoms with Gasteiger partial charge in [-0.25, -0.2) is 4.79 Å². The predicted octanol–water partition coefficient (Wildman–Crippen LogP) is 2.21. The van der Waals surface area contributed by atoms with Crippen LogP contribution in [-0.4, -0.2) is 51.8 Å². The first-order chi connectivity index (χ1) is 13.6. The molecule has 7 nitrogen and oxygen atoms in total. The molecule has 4 aliphatic rings. The average molecular weight is 428 g/mol. The normalized spacial score (nSPS) is 39.1. The summed E-state index contributed by atoms with van der Waals surface area (Å²) in [7, 11) is 0. The van der Waals surface area contributed by atoms with Crippen LogP contribution in [0.5, 0.6) is 0 Å². The molecule has 0 aromatic carbocycles. The van der Waals surface area contributed by atoms with Crippen molar-refractivity contribution in [1.82, 2.24) is 16.0 Å². The van der Waals surface area contributed by atoms with E-state index in [1.807, 2.05) is 0 Å². The Morgan fingerprint density at radius 2 is 1.79 bits per heavy atom. The number of carbonyl (C=O) groups is 3. The van der Waals surface area contributed by atoms with Crippen molar-refractivity contribution in [2.24, 2.45) is 11.8 Å². The second-order valence-corrected chi connectivity index (χ2v) is 10.8. The molecular formula is C19H29N3O4S2. The van der Waals surface area contributed by atoms with Crippen molar-refractivity contribution in [3.8, 4) is 0 Å². The van der Waals surface area contributed by atoms with Gasteiger partial charge >= 0.3 is 6.09 Å². The Balaban J connectivity index is 1.39. The molecule has 2 saturated heterocycles. The highest BCUT2D eigenvalue weighted by molar-refractivity contribution is 8.01. The van der Waals surface area contributed by atoms with Crippen LogP contribution in [0, 0.1) is 11.8 Å². The first-order valence-electron chi connectivity index (χ1n) is 10.4. The summed E-state index contributed by atoms with van der Waals surface area (Å²) in [6, 6.07) is 0.424. The van der Waals surface area contributed by atoms with Gasteiger partial charge in [0.25, 0.3) is 0 Å². The van der Waals surface area contributed by atoms with Gasteiger partial charge in [-0.2, -0.15) is 0 Å². The standard InChI is InChI=1S/C19H29N3O4S2/c1-2-26-19(25)22-15(23)14-10-6-5-9-12(10)27-17(14)21-16(24)18-20-11-7-3-4-8-13(11)28-18/h10-14,17-18,20H,2-9H2,1H3,(H,21,24)(H,22,23,25). The Hall–Kier alpha value is -0.930. The molecule has 28 heavy (non-hydrogen) atoms. The van der Waals surface area contributed by atoms with Gasteiger partial charge in [0.15, 0.2) is 0 Å². The van der Waals surface area contributed by atoms with Crippen LogP contribution >= 0.6 is 23.5 Å². The van der Waals surface area contributed by atoms with Gasteiger partial charge in [0, 0.05) is 16.5 Å². The Kier molecular flexibility index (Phi) is 6.42. The van der Waals surface area contributed by atoms with Crippen LogP contribution in [0.25, 0.3) is 0 Å². The molecule has 2 heterocycles. The third-order valence-corrected chi connectivity index (χ3v) is 9.49. The minimum atomic E-state index is -0.707. The lowest BCUT2D eigenvalue weighted by atomic mass is 9.90. The van der Waals surface area contributed by atoms with Crippen LogP contribution in [-0.2, 0) is 14.3 Å². The van der Waals surface area contributed by atoms with E-state index in [1.165, 1.54) is 19.3 Å². The summed E-state index contributed by atoms with van der Waals surface area (Å²) in [4.78, 5) is 37.4. The fraction of sp³-hybridized carbons (Fsp3) is 0.842. The van der Waals surface area contributed by atoms with E-state index in [4.69, 9.17) is 4.74 Å². The highest BCUT2D eigenvalue weighted by Crippen LogP contribution is 2.50. The van der Waals surface area contributed by atoms with E-state index >= 15 is 0 Å². The molecule has 2 aliphatic heterocycles. The summed E-state index contributed by atoms with van der Waals surface area (Å²) >= 11 is 3.42. The third kappa shape index (κ3) is 4.16. The van der Waals surface area contributed by atoms with Crippen LogP contribution in [0.4, 0.5) is 4.79 Å². The van der Waals surface area contributed by atoms with Crippen molar-refractivity contribution >= 4 is 41.4 Å². The fourth-order valence-electron chi connectivity index (χ4n) is 5.05. The molecule has 7 atom stereocenters. The van der Waals surface area contributed by atoms with Gasteiger partial charge in [-0.1, -0.05) is 19.3 Å². The Labute approximate surface area is 174 Å². The quantitative estimate of drug-likeness (QED) is 0.633. The highest BCUT2D eigenvalue weighted by Gasteiger charge is 2.51. The van der Waals surface area contributed by atoms with Crippen molar-refractivity contribution in [1.29, 1.82) is 0 Å². The zero-order valence-electron chi connectivity index (χ0n) is 16.1. The maximum Gasteiger partial charge on any atom is 0.413 e. The lowest BCUT2D eigenvalue weighted by Crippen LogP contribution is -2.50. The van der Waals surface area contributed by atoms with E-state index in [9.17, 15) is 14.4 Å². The number of amides is 3. The van der Waals surface area contributed by atoms with Gasteiger partial charge in [0.2, 0.25) is 11.8 Å². The minimum Gasteiger partial charge on any atom is -0.450 e. The lowest BCUT2D eigenvalue weighted by molar-refractivity contribution is -0.126. The average Bonchev–Trinajstić information content (AvgIpc) is 3.35. The van der Waals surface area contributed by atoms with Crippen molar-refractivity contribution < 1.29 is 19.1 Å². The van der Waals surface area contributed by atoms with Crippen LogP contribution in [0.3, 0.4) is 0 Å². The number of carbonyl (C=O) groups excluding carboxylic acids is 3. The minimum absolute atomic E-state index is 0.0363. The number of rotatable bonds is 4. The fourth-order valence-corrected chi connectivity index (χ4v) is 8.42. The van der Waals surface area contributed by atoms with E-state index in [-0.39, 0.29) is 41.0 Å². The molecule has 0 radical (unpaired) electrons. The van der Waals surface area contributed by atoms with Gasteiger partial charge in [-0.05, 0) is 38.5 Å². The van der Waals surface area contributed by atoms with Gasteiger partial charge in [-0.15, -0.1) is 23.5 Å². The number of thioether (sulfide) groups is 2. The molecular weight excluding hydrogens is 398 g/mol. The molecule has 0 spiro atoms. The molecule has 0 bridgehead atoms. The second kappa shape index (κ2) is 8.83. The van der Waals surface area contributed by atoms with Gasteiger partial charge in [0.1, 0.15) is 5.37 Å². The SMILES string of the molecule is CCOC(=O)NC(=O)C1C(NC(=O)C2NC3CCCCC3S2)SC2CCCC21. The Morgan fingerprint density at radius 1 is 1.00 bits per heavy atom.